The van der Waals surface area contributed by atoms with Crippen LogP contribution in [0.5, 0.6) is 0 Å². The number of ether oxygens (including phenoxy) is 1. The zero-order valence-corrected chi connectivity index (χ0v) is 14.0. The van der Waals surface area contributed by atoms with Gasteiger partial charge in [0.15, 0.2) is 0 Å². The standard InChI is InChI=1S/C16H25N3O2S/c1-22-12-16(4-5-16)6-8-17-15(20)14-13(3-10-21-14)11-19-9-2-7-18-19/h2,7,9,13-14H,3-6,8,10-12H2,1H3,(H,17,20)/t13-,14-/m1/s1. The van der Waals surface area contributed by atoms with Gasteiger partial charge < -0.3 is 10.1 Å². The van der Waals surface area contributed by atoms with Gasteiger partial charge in [-0.05, 0) is 49.2 Å². The van der Waals surface area contributed by atoms with Crippen LogP contribution in [-0.2, 0) is 16.1 Å². The van der Waals surface area contributed by atoms with E-state index in [0.29, 0.717) is 12.0 Å². The summed E-state index contributed by atoms with van der Waals surface area (Å²) in [5.74, 6) is 1.49. The molecule has 1 saturated heterocycles. The summed E-state index contributed by atoms with van der Waals surface area (Å²) in [6.07, 6.45) is 10.2. The summed E-state index contributed by atoms with van der Waals surface area (Å²) in [6, 6.07) is 1.91. The number of aromatic nitrogens is 2. The maximum Gasteiger partial charge on any atom is 0.249 e. The Kier molecular flexibility index (Phi) is 5.08. The van der Waals surface area contributed by atoms with E-state index in [1.165, 1.54) is 18.6 Å². The van der Waals surface area contributed by atoms with E-state index in [-0.39, 0.29) is 17.9 Å². The Hall–Kier alpha value is -1.01. The molecule has 1 amide bonds. The number of nitrogens with one attached hydrogen (secondary N) is 1. The van der Waals surface area contributed by atoms with Crippen molar-refractivity contribution in [3.8, 4) is 0 Å². The first kappa shape index (κ1) is 15.9. The van der Waals surface area contributed by atoms with Crippen LogP contribution in [0, 0.1) is 11.3 Å². The molecule has 0 spiro atoms. The first-order chi connectivity index (χ1) is 10.7. The topological polar surface area (TPSA) is 56.1 Å². The average molecular weight is 323 g/mol. The zero-order chi connectivity index (χ0) is 15.4. The van der Waals surface area contributed by atoms with Gasteiger partial charge in [0.1, 0.15) is 6.10 Å². The highest BCUT2D eigenvalue weighted by atomic mass is 32.2. The first-order valence-electron chi connectivity index (χ1n) is 8.08. The molecule has 1 saturated carbocycles. The van der Waals surface area contributed by atoms with E-state index in [1.54, 1.807) is 6.20 Å². The minimum Gasteiger partial charge on any atom is -0.368 e. The van der Waals surface area contributed by atoms with Gasteiger partial charge in [0, 0.05) is 38.0 Å². The van der Waals surface area contributed by atoms with E-state index in [0.717, 1.165) is 25.9 Å². The quantitative estimate of drug-likeness (QED) is 0.794. The van der Waals surface area contributed by atoms with Crippen molar-refractivity contribution in [1.29, 1.82) is 0 Å². The lowest BCUT2D eigenvalue weighted by atomic mass is 10.0. The maximum absolute atomic E-state index is 12.4. The third kappa shape index (κ3) is 3.84. The largest absolute Gasteiger partial charge is 0.368 e. The van der Waals surface area contributed by atoms with Crippen molar-refractivity contribution in [3.63, 3.8) is 0 Å². The van der Waals surface area contributed by atoms with Gasteiger partial charge in [-0.15, -0.1) is 0 Å². The van der Waals surface area contributed by atoms with Crippen molar-refractivity contribution in [1.82, 2.24) is 15.1 Å². The number of carbonyl (C=O) groups is 1. The summed E-state index contributed by atoms with van der Waals surface area (Å²) in [5, 5.41) is 7.31. The van der Waals surface area contributed by atoms with E-state index in [4.69, 9.17) is 4.74 Å². The summed E-state index contributed by atoms with van der Waals surface area (Å²) < 4.78 is 7.55. The predicted molar refractivity (Wildman–Crippen MR) is 87.7 cm³/mol. The van der Waals surface area contributed by atoms with E-state index in [2.05, 4.69) is 16.7 Å². The lowest BCUT2D eigenvalue weighted by Gasteiger charge is -2.19. The van der Waals surface area contributed by atoms with Crippen molar-refractivity contribution in [2.24, 2.45) is 11.3 Å². The predicted octanol–water partition coefficient (Wildman–Crippen LogP) is 1.94. The van der Waals surface area contributed by atoms with Gasteiger partial charge in [0.05, 0.1) is 0 Å². The fourth-order valence-corrected chi connectivity index (χ4v) is 4.31. The fourth-order valence-electron chi connectivity index (χ4n) is 3.26. The number of hydrogen-bond acceptors (Lipinski definition) is 4. The Bertz CT molecular complexity index is 488. The normalized spacial score (nSPS) is 26.0. The molecule has 0 unspecified atom stereocenters. The van der Waals surface area contributed by atoms with Crippen LogP contribution in [0.4, 0.5) is 0 Å². The molecule has 3 rings (SSSR count). The van der Waals surface area contributed by atoms with Gasteiger partial charge in [0.2, 0.25) is 5.91 Å². The monoisotopic (exact) mass is 323 g/mol. The van der Waals surface area contributed by atoms with Crippen molar-refractivity contribution >= 4 is 17.7 Å². The number of rotatable bonds is 8. The third-order valence-corrected chi connectivity index (χ3v) is 5.72. The molecule has 1 aliphatic heterocycles. The molecule has 0 radical (unpaired) electrons. The lowest BCUT2D eigenvalue weighted by molar-refractivity contribution is -0.132. The van der Waals surface area contributed by atoms with E-state index in [1.807, 2.05) is 28.7 Å². The molecule has 2 heterocycles. The highest BCUT2D eigenvalue weighted by Crippen LogP contribution is 2.50. The maximum atomic E-state index is 12.4. The van der Waals surface area contributed by atoms with Crippen molar-refractivity contribution in [2.75, 3.05) is 25.2 Å². The summed E-state index contributed by atoms with van der Waals surface area (Å²) in [4.78, 5) is 12.4. The molecule has 0 aromatic carbocycles. The molecule has 1 N–H and O–H groups in total. The highest BCUT2D eigenvalue weighted by molar-refractivity contribution is 7.98. The molecule has 1 aromatic rings. The van der Waals surface area contributed by atoms with Crippen LogP contribution in [0.2, 0.25) is 0 Å². The smallest absolute Gasteiger partial charge is 0.249 e. The van der Waals surface area contributed by atoms with Crippen LogP contribution in [0.1, 0.15) is 25.7 Å². The molecule has 2 atom stereocenters. The van der Waals surface area contributed by atoms with Crippen LogP contribution in [0.15, 0.2) is 18.5 Å². The first-order valence-corrected chi connectivity index (χ1v) is 9.47. The Labute approximate surface area is 136 Å². The Morgan fingerprint density at radius 2 is 2.41 bits per heavy atom. The molecule has 1 aromatic heterocycles. The Balaban J connectivity index is 1.44. The van der Waals surface area contributed by atoms with Gasteiger partial charge in [-0.25, -0.2) is 0 Å². The molecular formula is C16H25N3O2S. The second-order valence-corrected chi connectivity index (χ2v) is 7.41. The van der Waals surface area contributed by atoms with Crippen LogP contribution >= 0.6 is 11.8 Å². The van der Waals surface area contributed by atoms with Crippen LogP contribution in [-0.4, -0.2) is 47.0 Å². The minimum atomic E-state index is -0.320. The molecule has 0 bridgehead atoms. The van der Waals surface area contributed by atoms with Crippen LogP contribution in [0.25, 0.3) is 0 Å². The van der Waals surface area contributed by atoms with E-state index in [9.17, 15) is 4.79 Å². The summed E-state index contributed by atoms with van der Waals surface area (Å²) in [7, 11) is 0. The molecule has 22 heavy (non-hydrogen) atoms. The van der Waals surface area contributed by atoms with E-state index >= 15 is 0 Å². The van der Waals surface area contributed by atoms with Gasteiger partial charge in [-0.3, -0.25) is 9.48 Å². The Morgan fingerprint density at radius 1 is 1.55 bits per heavy atom. The molecular weight excluding hydrogens is 298 g/mol. The van der Waals surface area contributed by atoms with Crippen LogP contribution < -0.4 is 5.32 Å². The van der Waals surface area contributed by atoms with Gasteiger partial charge in [-0.2, -0.15) is 16.9 Å². The summed E-state index contributed by atoms with van der Waals surface area (Å²) in [6.45, 7) is 2.19. The van der Waals surface area contributed by atoms with Crippen molar-refractivity contribution in [3.05, 3.63) is 18.5 Å². The highest BCUT2D eigenvalue weighted by Gasteiger charge is 2.41. The number of carbonyl (C=O) groups excluding carboxylic acids is 1. The molecule has 122 valence electrons. The molecule has 5 nitrogen and oxygen atoms in total. The number of amides is 1. The van der Waals surface area contributed by atoms with Gasteiger partial charge in [-0.1, -0.05) is 0 Å². The fraction of sp³-hybridized carbons (Fsp3) is 0.750. The van der Waals surface area contributed by atoms with Crippen LogP contribution in [0.3, 0.4) is 0 Å². The molecule has 1 aliphatic carbocycles. The number of nitrogens with zero attached hydrogens (tertiary/aromatic N) is 2. The Morgan fingerprint density at radius 3 is 3.09 bits per heavy atom. The molecule has 6 heteroatoms. The second kappa shape index (κ2) is 7.04. The zero-order valence-electron chi connectivity index (χ0n) is 13.2. The third-order valence-electron chi connectivity index (χ3n) is 4.82. The van der Waals surface area contributed by atoms with Gasteiger partial charge >= 0.3 is 0 Å². The van der Waals surface area contributed by atoms with Crippen molar-refractivity contribution in [2.45, 2.75) is 38.3 Å². The average Bonchev–Trinajstić information content (AvgIpc) is 2.94. The number of thioether (sulfide) groups is 1. The summed E-state index contributed by atoms with van der Waals surface area (Å²) in [5.41, 5.74) is 0.498. The summed E-state index contributed by atoms with van der Waals surface area (Å²) >= 11 is 1.91. The van der Waals surface area contributed by atoms with E-state index < -0.39 is 0 Å². The molecule has 2 fully saturated rings. The number of hydrogen-bond donors (Lipinski definition) is 1. The second-order valence-electron chi connectivity index (χ2n) is 6.54. The van der Waals surface area contributed by atoms with Crippen molar-refractivity contribution < 1.29 is 9.53 Å². The minimum absolute atomic E-state index is 0.0506. The SMILES string of the molecule is CSCC1(CCNC(=O)[C@@H]2OCC[C@@H]2Cn2cccn2)CC1. The lowest BCUT2D eigenvalue weighted by Crippen LogP contribution is -2.40. The molecule has 2 aliphatic rings. The van der Waals surface area contributed by atoms with Gasteiger partial charge in [0.25, 0.3) is 0 Å².